The average Bonchev–Trinajstić information content (AvgIpc) is 3.39. The third kappa shape index (κ3) is 2.87. The van der Waals surface area contributed by atoms with Gasteiger partial charge in [0.25, 0.3) is 0 Å². The molecule has 4 nitrogen and oxygen atoms in total. The van der Waals surface area contributed by atoms with Gasteiger partial charge in [-0.05, 0) is 110 Å². The quantitative estimate of drug-likeness (QED) is 0.654. The molecule has 0 aliphatic heterocycles. The molecule has 0 bridgehead atoms. The number of aliphatic hydroxyl groups is 2. The van der Waals surface area contributed by atoms with Crippen LogP contribution >= 0.6 is 0 Å². The fourth-order valence-corrected chi connectivity index (χ4v) is 9.48. The first-order valence-corrected chi connectivity index (χ1v) is 12.3. The van der Waals surface area contributed by atoms with Gasteiger partial charge in [0.05, 0.1) is 18.1 Å². The molecule has 0 heterocycles. The monoisotopic (exact) mass is 404 g/mol. The van der Waals surface area contributed by atoms with Crippen molar-refractivity contribution in [2.75, 3.05) is 0 Å². The van der Waals surface area contributed by atoms with Gasteiger partial charge in [-0.25, -0.2) is 0 Å². The molecule has 3 N–H and O–H groups in total. The van der Waals surface area contributed by atoms with Crippen molar-refractivity contribution in [3.63, 3.8) is 0 Å². The van der Waals surface area contributed by atoms with Crippen LogP contribution in [0, 0.1) is 58.2 Å². The molecule has 0 aromatic carbocycles. The molecule has 0 aromatic rings. The molecule has 5 saturated carbocycles. The summed E-state index contributed by atoms with van der Waals surface area (Å²) >= 11 is 0. The molecule has 5 rings (SSSR count). The van der Waals surface area contributed by atoms with E-state index in [-0.39, 0.29) is 29.0 Å². The fraction of sp³-hybridized carbons (Fsp3) is 0.960. The molecule has 29 heavy (non-hydrogen) atoms. The summed E-state index contributed by atoms with van der Waals surface area (Å²) in [6.07, 6.45) is 9.08. The summed E-state index contributed by atoms with van der Waals surface area (Å²) in [7, 11) is 0. The highest BCUT2D eigenvalue weighted by molar-refractivity contribution is 5.73. The Morgan fingerprint density at radius 2 is 1.62 bits per heavy atom. The average molecular weight is 405 g/mol. The van der Waals surface area contributed by atoms with Gasteiger partial charge in [0, 0.05) is 0 Å². The Morgan fingerprint density at radius 3 is 2.31 bits per heavy atom. The number of carboxylic acids is 1. The number of rotatable bonds is 3. The molecular weight excluding hydrogens is 364 g/mol. The van der Waals surface area contributed by atoms with E-state index in [1.165, 1.54) is 25.7 Å². The Hall–Kier alpha value is -0.610. The minimum Gasteiger partial charge on any atom is -0.481 e. The van der Waals surface area contributed by atoms with Crippen molar-refractivity contribution in [3.05, 3.63) is 0 Å². The first-order chi connectivity index (χ1) is 13.7. The Kier molecular flexibility index (Phi) is 4.68. The van der Waals surface area contributed by atoms with Crippen molar-refractivity contribution in [1.82, 2.24) is 0 Å². The number of carboxylic acid groups (broad SMARTS) is 1. The van der Waals surface area contributed by atoms with Crippen LogP contribution in [0.5, 0.6) is 0 Å². The van der Waals surface area contributed by atoms with Crippen molar-refractivity contribution in [2.24, 2.45) is 58.2 Å². The van der Waals surface area contributed by atoms with Gasteiger partial charge >= 0.3 is 5.97 Å². The SMILES string of the molecule is CC(C1CC1C(=O)O)C1CC[C@H]2[C@@H]3[C@@H](O)CC4C[C@H](O)CCC4(C)[C@H]3CCC12C. The zero-order valence-electron chi connectivity index (χ0n) is 18.4. The van der Waals surface area contributed by atoms with Crippen molar-refractivity contribution < 1.29 is 20.1 Å². The first kappa shape index (κ1) is 20.3. The molecule has 7 unspecified atom stereocenters. The van der Waals surface area contributed by atoms with Crippen molar-refractivity contribution >= 4 is 5.97 Å². The molecule has 0 spiro atoms. The molecule has 12 atom stereocenters. The second-order valence-corrected chi connectivity index (χ2v) is 12.2. The van der Waals surface area contributed by atoms with Gasteiger partial charge in [-0.3, -0.25) is 4.79 Å². The highest BCUT2D eigenvalue weighted by atomic mass is 16.4. The van der Waals surface area contributed by atoms with Crippen LogP contribution in [-0.4, -0.2) is 33.5 Å². The van der Waals surface area contributed by atoms with Crippen LogP contribution < -0.4 is 0 Å². The third-order valence-electron chi connectivity index (χ3n) is 11.2. The predicted octanol–water partition coefficient (Wildman–Crippen LogP) is 4.33. The van der Waals surface area contributed by atoms with E-state index in [1.807, 2.05) is 0 Å². The topological polar surface area (TPSA) is 77.8 Å². The Bertz CT molecular complexity index is 678. The smallest absolute Gasteiger partial charge is 0.306 e. The summed E-state index contributed by atoms with van der Waals surface area (Å²) in [4.78, 5) is 11.4. The number of carbonyl (C=O) groups is 1. The molecule has 5 aliphatic carbocycles. The van der Waals surface area contributed by atoms with Crippen LogP contribution in [0.3, 0.4) is 0 Å². The van der Waals surface area contributed by atoms with Gasteiger partial charge in [-0.1, -0.05) is 20.8 Å². The molecule has 5 aliphatic rings. The van der Waals surface area contributed by atoms with E-state index in [2.05, 4.69) is 20.8 Å². The van der Waals surface area contributed by atoms with Crippen LogP contribution in [-0.2, 0) is 4.79 Å². The molecule has 164 valence electrons. The standard InChI is InChI=1S/C25H40O4/c1-13(16-12-17(16)23(28)29)18-4-5-19-22-20(7-9-25(18,19)3)24(2)8-6-15(26)10-14(24)11-21(22)27/h13-22,26-27H,4-12H2,1-3H3,(H,28,29)/t13?,14?,15-,16?,17?,18?,19+,20+,21+,22+,24?,25?/m1/s1. The van der Waals surface area contributed by atoms with E-state index in [0.29, 0.717) is 41.4 Å². The third-order valence-corrected chi connectivity index (χ3v) is 11.2. The maximum absolute atomic E-state index is 11.4. The zero-order valence-corrected chi connectivity index (χ0v) is 18.4. The van der Waals surface area contributed by atoms with Gasteiger partial charge in [0.15, 0.2) is 0 Å². The second kappa shape index (κ2) is 6.69. The first-order valence-electron chi connectivity index (χ1n) is 12.3. The molecule has 5 fully saturated rings. The number of fused-ring (bicyclic) bond motifs is 5. The molecule has 0 saturated heterocycles. The van der Waals surface area contributed by atoms with Crippen LogP contribution in [0.4, 0.5) is 0 Å². The van der Waals surface area contributed by atoms with Gasteiger partial charge in [0.1, 0.15) is 0 Å². The van der Waals surface area contributed by atoms with E-state index in [9.17, 15) is 20.1 Å². The maximum atomic E-state index is 11.4. The number of aliphatic carboxylic acids is 1. The van der Waals surface area contributed by atoms with E-state index in [4.69, 9.17) is 0 Å². The Morgan fingerprint density at radius 1 is 0.931 bits per heavy atom. The van der Waals surface area contributed by atoms with Gasteiger partial charge in [0.2, 0.25) is 0 Å². The predicted molar refractivity (Wildman–Crippen MR) is 111 cm³/mol. The second-order valence-electron chi connectivity index (χ2n) is 12.2. The van der Waals surface area contributed by atoms with Crippen LogP contribution in [0.15, 0.2) is 0 Å². The van der Waals surface area contributed by atoms with Gasteiger partial charge in [-0.15, -0.1) is 0 Å². The number of aliphatic hydroxyl groups excluding tert-OH is 2. The van der Waals surface area contributed by atoms with Crippen molar-refractivity contribution in [3.8, 4) is 0 Å². The lowest BCUT2D eigenvalue weighted by Crippen LogP contribution is -2.58. The minimum absolute atomic E-state index is 0.113. The summed E-state index contributed by atoms with van der Waals surface area (Å²) in [6, 6.07) is 0. The van der Waals surface area contributed by atoms with Gasteiger partial charge in [-0.2, -0.15) is 0 Å². The largest absolute Gasteiger partial charge is 0.481 e. The van der Waals surface area contributed by atoms with E-state index >= 15 is 0 Å². The zero-order chi connectivity index (χ0) is 20.7. The lowest BCUT2D eigenvalue weighted by molar-refractivity contribution is -0.174. The summed E-state index contributed by atoms with van der Waals surface area (Å²) in [5.74, 6) is 2.76. The fourth-order valence-electron chi connectivity index (χ4n) is 9.48. The Labute approximate surface area is 175 Å². The highest BCUT2D eigenvalue weighted by Gasteiger charge is 2.64. The molecule has 0 radical (unpaired) electrons. The maximum Gasteiger partial charge on any atom is 0.306 e. The lowest BCUT2D eigenvalue weighted by Gasteiger charge is -2.62. The van der Waals surface area contributed by atoms with E-state index in [0.717, 1.165) is 32.1 Å². The van der Waals surface area contributed by atoms with Gasteiger partial charge < -0.3 is 15.3 Å². The van der Waals surface area contributed by atoms with Crippen LogP contribution in [0.2, 0.25) is 0 Å². The normalized spacial score (nSPS) is 57.3. The van der Waals surface area contributed by atoms with Crippen LogP contribution in [0.25, 0.3) is 0 Å². The minimum atomic E-state index is -0.605. The summed E-state index contributed by atoms with van der Waals surface area (Å²) < 4.78 is 0. The lowest BCUT2D eigenvalue weighted by atomic mass is 9.43. The number of hydrogen-bond acceptors (Lipinski definition) is 3. The summed E-state index contributed by atoms with van der Waals surface area (Å²) in [5, 5.41) is 30.9. The highest BCUT2D eigenvalue weighted by Crippen LogP contribution is 2.69. The summed E-state index contributed by atoms with van der Waals surface area (Å²) in [5.41, 5.74) is 0.531. The summed E-state index contributed by atoms with van der Waals surface area (Å²) in [6.45, 7) is 7.26. The van der Waals surface area contributed by atoms with Crippen LogP contribution in [0.1, 0.15) is 78.6 Å². The van der Waals surface area contributed by atoms with Crippen molar-refractivity contribution in [2.45, 2.75) is 90.8 Å². The molecule has 4 heteroatoms. The molecule has 0 aromatic heterocycles. The molecule has 0 amide bonds. The Balaban J connectivity index is 1.39. The van der Waals surface area contributed by atoms with E-state index < -0.39 is 5.97 Å². The molecular formula is C25H40O4. The van der Waals surface area contributed by atoms with Crippen molar-refractivity contribution in [1.29, 1.82) is 0 Å². The number of hydrogen-bond donors (Lipinski definition) is 3. The van der Waals surface area contributed by atoms with E-state index in [1.54, 1.807) is 0 Å².